The highest BCUT2D eigenvalue weighted by Gasteiger charge is 2.65. The van der Waals surface area contributed by atoms with E-state index < -0.39 is 12.7 Å². The summed E-state index contributed by atoms with van der Waals surface area (Å²) in [6.45, 7) is 0.574. The van der Waals surface area contributed by atoms with Crippen molar-refractivity contribution in [3.63, 3.8) is 0 Å². The third-order valence-corrected chi connectivity index (χ3v) is 4.61. The van der Waals surface area contributed by atoms with E-state index in [-0.39, 0.29) is 17.2 Å². The maximum atomic E-state index is 12.1. The number of nitrogens with zero attached hydrogens (tertiary/aromatic N) is 1. The number of ether oxygens (including phenoxy) is 2. The molecule has 1 amide bonds. The van der Waals surface area contributed by atoms with Crippen molar-refractivity contribution in [2.45, 2.75) is 45.0 Å². The Morgan fingerprint density at radius 2 is 2.00 bits per heavy atom. The number of rotatable bonds is 5. The summed E-state index contributed by atoms with van der Waals surface area (Å²) in [5.74, 6) is 0.209. The highest BCUT2D eigenvalue weighted by atomic mass is 19.3. The number of hydrogen-bond donors (Lipinski definition) is 0. The van der Waals surface area contributed by atoms with Gasteiger partial charge in [-0.15, -0.1) is 0 Å². The molecule has 3 fully saturated rings. The molecule has 19 heavy (non-hydrogen) atoms. The molecule has 2 aliphatic carbocycles. The summed E-state index contributed by atoms with van der Waals surface area (Å²) in [4.78, 5) is 13.8. The molecule has 6 heteroatoms. The lowest BCUT2D eigenvalue weighted by Crippen LogP contribution is -2.56. The van der Waals surface area contributed by atoms with Crippen molar-refractivity contribution < 1.29 is 23.0 Å². The standard InChI is InChI=1S/C13H19F2NO3/c1-2-18-8-3-13(4-8)5-10(13)11(17)16-6-9(7-16)19-12(14)15/h8-10,12H,2-7H2,1H3. The number of alkyl halides is 2. The molecule has 4 nitrogen and oxygen atoms in total. The minimum atomic E-state index is -2.74. The third kappa shape index (κ3) is 2.36. The molecule has 1 aliphatic heterocycles. The quantitative estimate of drug-likeness (QED) is 0.765. The van der Waals surface area contributed by atoms with Gasteiger partial charge in [-0.1, -0.05) is 0 Å². The van der Waals surface area contributed by atoms with Gasteiger partial charge in [0, 0.05) is 25.6 Å². The lowest BCUT2D eigenvalue weighted by atomic mass is 9.76. The zero-order valence-electron chi connectivity index (χ0n) is 11.0. The lowest BCUT2D eigenvalue weighted by Gasteiger charge is -2.41. The van der Waals surface area contributed by atoms with Gasteiger partial charge in [-0.25, -0.2) is 0 Å². The Morgan fingerprint density at radius 3 is 2.58 bits per heavy atom. The molecule has 0 bridgehead atoms. The van der Waals surface area contributed by atoms with Crippen LogP contribution < -0.4 is 0 Å². The predicted octanol–water partition coefficient (Wildman–Crippen LogP) is 1.64. The molecule has 1 spiro atoms. The summed E-state index contributed by atoms with van der Waals surface area (Å²) in [6.07, 6.45) is 2.71. The first-order chi connectivity index (χ1) is 9.04. The van der Waals surface area contributed by atoms with Gasteiger partial charge in [-0.05, 0) is 31.6 Å². The number of halogens is 2. The summed E-state index contributed by atoms with van der Waals surface area (Å²) in [7, 11) is 0. The van der Waals surface area contributed by atoms with E-state index in [1.165, 1.54) is 0 Å². The molecule has 2 saturated carbocycles. The van der Waals surface area contributed by atoms with E-state index >= 15 is 0 Å². The maximum Gasteiger partial charge on any atom is 0.345 e. The summed E-state index contributed by atoms with van der Waals surface area (Å²) in [6, 6.07) is 0. The van der Waals surface area contributed by atoms with E-state index in [1.807, 2.05) is 6.92 Å². The van der Waals surface area contributed by atoms with Crippen molar-refractivity contribution in [2.75, 3.05) is 19.7 Å². The fraction of sp³-hybridized carbons (Fsp3) is 0.923. The largest absolute Gasteiger partial charge is 0.378 e. The van der Waals surface area contributed by atoms with Crippen molar-refractivity contribution in [3.8, 4) is 0 Å². The molecule has 1 unspecified atom stereocenters. The first kappa shape index (κ1) is 13.2. The van der Waals surface area contributed by atoms with E-state index in [1.54, 1.807) is 4.90 Å². The second-order valence-electron chi connectivity index (χ2n) is 5.87. The molecule has 0 aromatic heterocycles. The van der Waals surface area contributed by atoms with Crippen LogP contribution in [0, 0.1) is 11.3 Å². The van der Waals surface area contributed by atoms with Gasteiger partial charge < -0.3 is 14.4 Å². The van der Waals surface area contributed by atoms with Gasteiger partial charge in [0.1, 0.15) is 0 Å². The van der Waals surface area contributed by atoms with Gasteiger partial charge in [0.2, 0.25) is 5.91 Å². The Balaban J connectivity index is 1.40. The summed E-state index contributed by atoms with van der Waals surface area (Å²) < 4.78 is 33.8. The third-order valence-electron chi connectivity index (χ3n) is 4.61. The number of likely N-dealkylation sites (tertiary alicyclic amines) is 1. The first-order valence-corrected chi connectivity index (χ1v) is 6.88. The van der Waals surface area contributed by atoms with Crippen LogP contribution in [0.2, 0.25) is 0 Å². The molecule has 1 heterocycles. The summed E-state index contributed by atoms with van der Waals surface area (Å²) in [5, 5.41) is 0. The normalized spacial score (nSPS) is 37.4. The molecule has 1 saturated heterocycles. The molecule has 0 aromatic carbocycles. The zero-order valence-corrected chi connectivity index (χ0v) is 11.0. The fourth-order valence-corrected chi connectivity index (χ4v) is 3.42. The van der Waals surface area contributed by atoms with Gasteiger partial charge >= 0.3 is 6.61 Å². The lowest BCUT2D eigenvalue weighted by molar-refractivity contribution is -0.200. The van der Waals surface area contributed by atoms with Crippen LogP contribution in [-0.2, 0) is 14.3 Å². The molecule has 3 rings (SSSR count). The molecule has 0 radical (unpaired) electrons. The molecule has 1 atom stereocenters. The van der Waals surface area contributed by atoms with Crippen LogP contribution in [0.15, 0.2) is 0 Å². The van der Waals surface area contributed by atoms with Crippen molar-refractivity contribution in [2.24, 2.45) is 11.3 Å². The van der Waals surface area contributed by atoms with Gasteiger partial charge in [-0.3, -0.25) is 4.79 Å². The van der Waals surface area contributed by atoms with Crippen LogP contribution >= 0.6 is 0 Å². The summed E-state index contributed by atoms with van der Waals surface area (Å²) in [5.41, 5.74) is 0.172. The molecular weight excluding hydrogens is 256 g/mol. The zero-order chi connectivity index (χ0) is 13.6. The van der Waals surface area contributed by atoms with Crippen LogP contribution in [0.5, 0.6) is 0 Å². The fourth-order valence-electron chi connectivity index (χ4n) is 3.42. The molecule has 0 aromatic rings. The number of carbonyl (C=O) groups excluding carboxylic acids is 1. The predicted molar refractivity (Wildman–Crippen MR) is 62.6 cm³/mol. The van der Waals surface area contributed by atoms with Crippen LogP contribution in [-0.4, -0.2) is 49.3 Å². The average Bonchev–Trinajstić information content (AvgIpc) is 2.97. The summed E-state index contributed by atoms with van der Waals surface area (Å²) >= 11 is 0. The van der Waals surface area contributed by atoms with Crippen molar-refractivity contribution >= 4 is 5.91 Å². The van der Waals surface area contributed by atoms with Gasteiger partial charge in [0.15, 0.2) is 0 Å². The Morgan fingerprint density at radius 1 is 1.32 bits per heavy atom. The smallest absolute Gasteiger partial charge is 0.345 e. The van der Waals surface area contributed by atoms with Crippen molar-refractivity contribution in [3.05, 3.63) is 0 Å². The highest BCUT2D eigenvalue weighted by Crippen LogP contribution is 2.66. The number of hydrogen-bond acceptors (Lipinski definition) is 3. The average molecular weight is 275 g/mol. The van der Waals surface area contributed by atoms with E-state index in [9.17, 15) is 13.6 Å². The SMILES string of the molecule is CCOC1CC2(C1)CC2C(=O)N1CC(OC(F)F)C1. The van der Waals surface area contributed by atoms with Gasteiger partial charge in [0.25, 0.3) is 0 Å². The Hall–Kier alpha value is -0.750. The second kappa shape index (κ2) is 4.66. The molecule has 0 N–H and O–H groups in total. The molecule has 108 valence electrons. The van der Waals surface area contributed by atoms with Gasteiger partial charge in [-0.2, -0.15) is 8.78 Å². The Bertz CT molecular complexity index is 365. The minimum Gasteiger partial charge on any atom is -0.378 e. The maximum absolute atomic E-state index is 12.1. The second-order valence-corrected chi connectivity index (χ2v) is 5.87. The van der Waals surface area contributed by atoms with Gasteiger partial charge in [0.05, 0.1) is 12.2 Å². The van der Waals surface area contributed by atoms with E-state index in [0.717, 1.165) is 25.9 Å². The number of amides is 1. The van der Waals surface area contributed by atoms with Crippen LogP contribution in [0.4, 0.5) is 8.78 Å². The van der Waals surface area contributed by atoms with Crippen LogP contribution in [0.1, 0.15) is 26.2 Å². The molecular formula is C13H19F2NO3. The van der Waals surface area contributed by atoms with E-state index in [0.29, 0.717) is 19.2 Å². The van der Waals surface area contributed by atoms with Crippen molar-refractivity contribution in [1.82, 2.24) is 4.90 Å². The topological polar surface area (TPSA) is 38.8 Å². The Labute approximate surface area is 111 Å². The van der Waals surface area contributed by atoms with Crippen LogP contribution in [0.3, 0.4) is 0 Å². The van der Waals surface area contributed by atoms with E-state index in [2.05, 4.69) is 4.74 Å². The highest BCUT2D eigenvalue weighted by molar-refractivity contribution is 5.83. The van der Waals surface area contributed by atoms with Crippen molar-refractivity contribution in [1.29, 1.82) is 0 Å². The number of carbonyl (C=O) groups is 1. The first-order valence-electron chi connectivity index (χ1n) is 6.88. The minimum absolute atomic E-state index is 0.0942. The van der Waals surface area contributed by atoms with Crippen LogP contribution in [0.25, 0.3) is 0 Å². The van der Waals surface area contributed by atoms with E-state index in [4.69, 9.17) is 4.74 Å². The monoisotopic (exact) mass is 275 g/mol. The molecule has 3 aliphatic rings. The Kier molecular flexibility index (Phi) is 3.25.